The molecule has 0 amide bonds. The highest BCUT2D eigenvalue weighted by atomic mass is 32.2. The molecule has 1 radical (unpaired) electrons. The minimum absolute atomic E-state index is 0.895. The van der Waals surface area contributed by atoms with Gasteiger partial charge in [-0.1, -0.05) is 59.3 Å². The number of thioether (sulfide) groups is 3. The maximum atomic E-state index is 4.15. The van der Waals surface area contributed by atoms with E-state index in [0.29, 0.717) is 0 Å². The topological polar surface area (TPSA) is 0 Å². The van der Waals surface area contributed by atoms with E-state index in [0.717, 1.165) is 6.42 Å². The largest absolute Gasteiger partial charge is 0.125 e. The Labute approximate surface area is 176 Å². The molecular formula is C23H39S3. The summed E-state index contributed by atoms with van der Waals surface area (Å²) in [6.45, 7) is 11.0. The van der Waals surface area contributed by atoms with Crippen molar-refractivity contribution in [3.63, 3.8) is 0 Å². The number of rotatable bonds is 16. The highest BCUT2D eigenvalue weighted by Crippen LogP contribution is 2.41. The zero-order chi connectivity index (χ0) is 19.0. The zero-order valence-corrected chi connectivity index (χ0v) is 19.7. The second kappa shape index (κ2) is 16.2. The van der Waals surface area contributed by atoms with Crippen molar-refractivity contribution >= 4 is 35.3 Å². The lowest BCUT2D eigenvalue weighted by molar-refractivity contribution is 0.776. The van der Waals surface area contributed by atoms with Crippen molar-refractivity contribution in [3.8, 4) is 0 Å². The smallest absolute Gasteiger partial charge is 0.0344 e. The van der Waals surface area contributed by atoms with Gasteiger partial charge in [0.25, 0.3) is 0 Å². The van der Waals surface area contributed by atoms with Gasteiger partial charge in [0.1, 0.15) is 0 Å². The van der Waals surface area contributed by atoms with Crippen LogP contribution in [0.3, 0.4) is 0 Å². The molecule has 1 rings (SSSR count). The third kappa shape index (κ3) is 9.99. The summed E-state index contributed by atoms with van der Waals surface area (Å²) in [5.74, 6) is 3.75. The van der Waals surface area contributed by atoms with E-state index in [1.54, 1.807) is 4.90 Å². The monoisotopic (exact) mass is 411 g/mol. The van der Waals surface area contributed by atoms with Crippen molar-refractivity contribution in [1.29, 1.82) is 0 Å². The fourth-order valence-electron chi connectivity index (χ4n) is 2.73. The molecule has 1 aromatic carbocycles. The summed E-state index contributed by atoms with van der Waals surface area (Å²) < 4.78 is 0. The molecule has 1 aromatic rings. The molecular weight excluding hydrogens is 372 g/mol. The molecule has 0 fully saturated rings. The molecule has 0 aliphatic rings. The fourth-order valence-corrected chi connectivity index (χ4v) is 6.54. The number of hydrogen-bond donors (Lipinski definition) is 0. The van der Waals surface area contributed by atoms with E-state index >= 15 is 0 Å². The molecule has 26 heavy (non-hydrogen) atoms. The van der Waals surface area contributed by atoms with E-state index in [9.17, 15) is 0 Å². The molecule has 0 spiro atoms. The second-order valence-corrected chi connectivity index (χ2v) is 10.2. The number of benzene rings is 1. The maximum absolute atomic E-state index is 4.15. The van der Waals surface area contributed by atoms with Gasteiger partial charge >= 0.3 is 0 Å². The first-order valence-corrected chi connectivity index (χ1v) is 13.6. The minimum Gasteiger partial charge on any atom is -0.125 e. The molecule has 0 heterocycles. The Kier molecular flexibility index (Phi) is 15.2. The molecule has 0 atom stereocenters. The Morgan fingerprint density at radius 3 is 1.46 bits per heavy atom. The molecule has 0 saturated carbocycles. The van der Waals surface area contributed by atoms with Crippen molar-refractivity contribution in [2.24, 2.45) is 0 Å². The molecule has 0 aromatic heterocycles. The molecule has 0 aliphatic heterocycles. The first-order chi connectivity index (χ1) is 12.8. The highest BCUT2D eigenvalue weighted by molar-refractivity contribution is 8.03. The summed E-state index contributed by atoms with van der Waals surface area (Å²) in [6.07, 6.45) is 12.8. The Bertz CT molecular complexity index is 438. The van der Waals surface area contributed by atoms with Crippen LogP contribution in [-0.4, -0.2) is 17.3 Å². The van der Waals surface area contributed by atoms with Crippen LogP contribution < -0.4 is 0 Å². The second-order valence-electron chi connectivity index (χ2n) is 6.84. The van der Waals surface area contributed by atoms with Crippen LogP contribution in [0.5, 0.6) is 0 Å². The van der Waals surface area contributed by atoms with E-state index in [1.807, 2.05) is 0 Å². The Morgan fingerprint density at radius 2 is 1.08 bits per heavy atom. The van der Waals surface area contributed by atoms with Gasteiger partial charge in [0.2, 0.25) is 0 Å². The lowest BCUT2D eigenvalue weighted by Crippen LogP contribution is -1.93. The molecule has 149 valence electrons. The predicted octanol–water partition coefficient (Wildman–Crippen LogP) is 8.91. The van der Waals surface area contributed by atoms with Crippen LogP contribution in [0, 0.1) is 6.92 Å². The van der Waals surface area contributed by atoms with Crippen LogP contribution in [0.15, 0.2) is 26.8 Å². The molecule has 0 saturated heterocycles. The van der Waals surface area contributed by atoms with Gasteiger partial charge in [-0.05, 0) is 67.6 Å². The van der Waals surface area contributed by atoms with Gasteiger partial charge in [-0.2, -0.15) is 0 Å². The summed E-state index contributed by atoms with van der Waals surface area (Å²) >= 11 is 6.25. The normalized spacial score (nSPS) is 11.2. The van der Waals surface area contributed by atoms with E-state index in [-0.39, 0.29) is 0 Å². The lowest BCUT2D eigenvalue weighted by Gasteiger charge is -2.16. The molecule has 0 N–H and O–H groups in total. The quantitative estimate of drug-likeness (QED) is 0.197. The van der Waals surface area contributed by atoms with Crippen molar-refractivity contribution < 1.29 is 0 Å². The third-order valence-electron chi connectivity index (χ3n) is 4.37. The molecule has 3 heteroatoms. The van der Waals surface area contributed by atoms with Crippen LogP contribution in [-0.2, 0) is 6.42 Å². The van der Waals surface area contributed by atoms with Gasteiger partial charge in [-0.3, -0.25) is 0 Å². The van der Waals surface area contributed by atoms with Crippen LogP contribution in [0.1, 0.15) is 84.1 Å². The first kappa shape index (κ1) is 24.3. The van der Waals surface area contributed by atoms with E-state index in [1.165, 1.54) is 90.4 Å². The van der Waals surface area contributed by atoms with Gasteiger partial charge in [-0.25, -0.2) is 0 Å². The van der Waals surface area contributed by atoms with Crippen molar-refractivity contribution in [1.82, 2.24) is 0 Å². The number of hydrogen-bond acceptors (Lipinski definition) is 3. The lowest BCUT2D eigenvalue weighted by atomic mass is 10.2. The van der Waals surface area contributed by atoms with Gasteiger partial charge in [0, 0.05) is 14.7 Å². The number of unbranched alkanes of at least 4 members (excludes halogenated alkanes) is 6. The zero-order valence-electron chi connectivity index (χ0n) is 17.3. The van der Waals surface area contributed by atoms with Crippen LogP contribution in [0.4, 0.5) is 0 Å². The van der Waals surface area contributed by atoms with Gasteiger partial charge in [0.05, 0.1) is 0 Å². The summed E-state index contributed by atoms with van der Waals surface area (Å²) in [5.41, 5.74) is 1.40. The van der Waals surface area contributed by atoms with Crippen LogP contribution in [0.2, 0.25) is 0 Å². The molecule has 0 bridgehead atoms. The van der Waals surface area contributed by atoms with Gasteiger partial charge in [-0.15, -0.1) is 35.3 Å². The summed E-state index contributed by atoms with van der Waals surface area (Å²) in [7, 11) is 0. The van der Waals surface area contributed by atoms with Gasteiger partial charge in [0.15, 0.2) is 0 Å². The SMILES string of the molecule is [CH2]Cc1cc(SCCCCC)c(SCCCCC)c(SCCCCC)c1. The van der Waals surface area contributed by atoms with Crippen molar-refractivity contribution in [2.75, 3.05) is 17.3 Å². The van der Waals surface area contributed by atoms with Gasteiger partial charge < -0.3 is 0 Å². The van der Waals surface area contributed by atoms with Crippen molar-refractivity contribution in [2.45, 2.75) is 99.7 Å². The molecule has 0 nitrogen and oxygen atoms in total. The molecule has 0 aliphatic carbocycles. The summed E-state index contributed by atoms with van der Waals surface area (Å²) in [5, 5.41) is 0. The highest BCUT2D eigenvalue weighted by Gasteiger charge is 2.13. The minimum atomic E-state index is 0.895. The van der Waals surface area contributed by atoms with Crippen LogP contribution in [0.25, 0.3) is 0 Å². The maximum Gasteiger partial charge on any atom is 0.0344 e. The Balaban J connectivity index is 2.88. The summed E-state index contributed by atoms with van der Waals surface area (Å²) in [4.78, 5) is 4.59. The Hall–Kier alpha value is 0.270. The Morgan fingerprint density at radius 1 is 0.654 bits per heavy atom. The standard InChI is InChI=1S/C23H39S3/c1-5-9-12-15-24-21-18-20(8-4)19-22(25-16-13-10-6-2)23(21)26-17-14-11-7-3/h18-19H,4-17H2,1-3H3. The predicted molar refractivity (Wildman–Crippen MR) is 126 cm³/mol. The average molecular weight is 412 g/mol. The fraction of sp³-hybridized carbons (Fsp3) is 0.696. The first-order valence-electron chi connectivity index (χ1n) is 10.6. The van der Waals surface area contributed by atoms with E-state index in [4.69, 9.17) is 0 Å². The average Bonchev–Trinajstić information content (AvgIpc) is 2.66. The van der Waals surface area contributed by atoms with E-state index < -0.39 is 0 Å². The van der Waals surface area contributed by atoms with Crippen molar-refractivity contribution in [3.05, 3.63) is 24.6 Å². The third-order valence-corrected chi connectivity index (χ3v) is 8.11. The molecule has 0 unspecified atom stereocenters. The van der Waals surface area contributed by atoms with Crippen LogP contribution >= 0.6 is 35.3 Å². The summed E-state index contributed by atoms with van der Waals surface area (Å²) in [6, 6.07) is 4.84. The van der Waals surface area contributed by atoms with E-state index in [2.05, 4.69) is 75.1 Å².